The highest BCUT2D eigenvalue weighted by atomic mass is 32.2. The largest absolute Gasteiger partial charge is 0.322 e. The fraction of sp³-hybridized carbons (Fsp3) is 0.235. The van der Waals surface area contributed by atoms with Crippen molar-refractivity contribution < 1.29 is 13.6 Å². The minimum atomic E-state index is -2.54. The average Bonchev–Trinajstić information content (AvgIpc) is 3.04. The second-order valence-corrected chi connectivity index (χ2v) is 7.23. The molecule has 0 N–H and O–H groups in total. The van der Waals surface area contributed by atoms with Crippen LogP contribution in [0.25, 0.3) is 0 Å². The lowest BCUT2D eigenvalue weighted by Gasteiger charge is -2.25. The number of halogens is 2. The molecule has 1 unspecified atom stereocenters. The van der Waals surface area contributed by atoms with Crippen LogP contribution in [0.2, 0.25) is 0 Å². The van der Waals surface area contributed by atoms with Crippen molar-refractivity contribution in [1.82, 2.24) is 4.90 Å². The van der Waals surface area contributed by atoms with Crippen molar-refractivity contribution in [1.29, 1.82) is 0 Å². The SMILES string of the molecule is O=C(c1ccccc1SC(F)F)N1CCSC1c1ccccc1. The zero-order chi connectivity index (χ0) is 16.2. The molecule has 2 nitrogen and oxygen atoms in total. The van der Waals surface area contributed by atoms with Crippen molar-refractivity contribution in [3.05, 3.63) is 65.7 Å². The van der Waals surface area contributed by atoms with Crippen molar-refractivity contribution in [2.45, 2.75) is 16.0 Å². The van der Waals surface area contributed by atoms with Crippen LogP contribution in [-0.2, 0) is 0 Å². The molecule has 120 valence electrons. The Morgan fingerprint density at radius 2 is 1.83 bits per heavy atom. The molecule has 1 aliphatic rings. The minimum Gasteiger partial charge on any atom is -0.322 e. The van der Waals surface area contributed by atoms with E-state index >= 15 is 0 Å². The Balaban J connectivity index is 1.88. The third-order valence-electron chi connectivity index (χ3n) is 3.57. The third kappa shape index (κ3) is 3.70. The van der Waals surface area contributed by atoms with Crippen molar-refractivity contribution >= 4 is 29.4 Å². The molecule has 3 rings (SSSR count). The van der Waals surface area contributed by atoms with E-state index in [1.165, 1.54) is 0 Å². The standard InChI is InChI=1S/C17H15F2NOS2/c18-17(19)23-14-9-5-4-8-13(14)15(21)20-10-11-22-16(20)12-6-2-1-3-7-12/h1-9,16-17H,10-11H2. The van der Waals surface area contributed by atoms with E-state index in [2.05, 4.69) is 0 Å². The van der Waals surface area contributed by atoms with Gasteiger partial charge in [-0.2, -0.15) is 8.78 Å². The number of nitrogens with zero attached hydrogens (tertiary/aromatic N) is 1. The maximum Gasteiger partial charge on any atom is 0.288 e. The Morgan fingerprint density at radius 3 is 2.57 bits per heavy atom. The lowest BCUT2D eigenvalue weighted by atomic mass is 10.1. The van der Waals surface area contributed by atoms with E-state index < -0.39 is 5.76 Å². The van der Waals surface area contributed by atoms with Gasteiger partial charge < -0.3 is 4.90 Å². The van der Waals surface area contributed by atoms with E-state index in [9.17, 15) is 13.6 Å². The van der Waals surface area contributed by atoms with Crippen LogP contribution in [0, 0.1) is 0 Å². The fourth-order valence-corrected chi connectivity index (χ4v) is 4.46. The van der Waals surface area contributed by atoms with Crippen LogP contribution in [-0.4, -0.2) is 28.9 Å². The van der Waals surface area contributed by atoms with Crippen molar-refractivity contribution in [3.8, 4) is 0 Å². The molecule has 1 amide bonds. The maximum atomic E-state index is 12.9. The molecular weight excluding hydrogens is 336 g/mol. The van der Waals surface area contributed by atoms with E-state index in [1.807, 2.05) is 30.3 Å². The number of thioether (sulfide) groups is 2. The molecule has 1 saturated heterocycles. The molecule has 0 aromatic heterocycles. The van der Waals surface area contributed by atoms with Gasteiger partial charge in [-0.15, -0.1) is 11.8 Å². The normalized spacial score (nSPS) is 17.7. The van der Waals surface area contributed by atoms with Gasteiger partial charge in [0.1, 0.15) is 5.37 Å². The van der Waals surface area contributed by atoms with Crippen molar-refractivity contribution in [2.75, 3.05) is 12.3 Å². The van der Waals surface area contributed by atoms with Crippen LogP contribution in [0.5, 0.6) is 0 Å². The lowest BCUT2D eigenvalue weighted by Crippen LogP contribution is -2.30. The predicted octanol–water partition coefficient (Wildman–Crippen LogP) is 4.89. The third-order valence-corrected chi connectivity index (χ3v) is 5.62. The molecule has 1 atom stereocenters. The molecule has 0 radical (unpaired) electrons. The summed E-state index contributed by atoms with van der Waals surface area (Å²) in [6.07, 6.45) is 0. The summed E-state index contributed by atoms with van der Waals surface area (Å²) < 4.78 is 25.4. The fourth-order valence-electron chi connectivity index (χ4n) is 2.57. The Hall–Kier alpha value is -1.53. The summed E-state index contributed by atoms with van der Waals surface area (Å²) in [5, 5.41) is -0.0618. The first-order chi connectivity index (χ1) is 11.2. The molecule has 6 heteroatoms. The Bertz CT molecular complexity index is 681. The highest BCUT2D eigenvalue weighted by Crippen LogP contribution is 2.39. The van der Waals surface area contributed by atoms with E-state index in [0.717, 1.165) is 11.3 Å². The van der Waals surface area contributed by atoms with Gasteiger partial charge in [-0.3, -0.25) is 4.79 Å². The van der Waals surface area contributed by atoms with E-state index in [0.29, 0.717) is 28.8 Å². The van der Waals surface area contributed by atoms with Gasteiger partial charge in [0.25, 0.3) is 11.7 Å². The van der Waals surface area contributed by atoms with E-state index in [-0.39, 0.29) is 11.3 Å². The zero-order valence-corrected chi connectivity index (χ0v) is 13.8. The Morgan fingerprint density at radius 1 is 1.13 bits per heavy atom. The molecular formula is C17H15F2NOS2. The number of hydrogen-bond donors (Lipinski definition) is 0. The highest BCUT2D eigenvalue weighted by Gasteiger charge is 2.32. The first-order valence-corrected chi connectivity index (χ1v) is 9.11. The second kappa shape index (κ2) is 7.36. The van der Waals surface area contributed by atoms with Gasteiger partial charge in [0.05, 0.1) is 5.56 Å². The Kier molecular flexibility index (Phi) is 5.23. The topological polar surface area (TPSA) is 20.3 Å². The molecule has 2 aromatic carbocycles. The smallest absolute Gasteiger partial charge is 0.288 e. The van der Waals surface area contributed by atoms with Gasteiger partial charge >= 0.3 is 0 Å². The first kappa shape index (κ1) is 16.3. The number of hydrogen-bond acceptors (Lipinski definition) is 3. The average molecular weight is 351 g/mol. The summed E-state index contributed by atoms with van der Waals surface area (Å²) in [5.74, 6) is -1.88. The quantitative estimate of drug-likeness (QED) is 0.732. The minimum absolute atomic E-state index is 0.0618. The summed E-state index contributed by atoms with van der Waals surface area (Å²) in [5.41, 5.74) is 1.41. The molecule has 0 saturated carbocycles. The van der Waals surface area contributed by atoms with Crippen LogP contribution < -0.4 is 0 Å². The first-order valence-electron chi connectivity index (χ1n) is 7.18. The molecule has 1 fully saturated rings. The van der Waals surface area contributed by atoms with Gasteiger partial charge in [-0.25, -0.2) is 0 Å². The van der Waals surface area contributed by atoms with Crippen LogP contribution in [0.15, 0.2) is 59.5 Å². The summed E-state index contributed by atoms with van der Waals surface area (Å²) in [7, 11) is 0. The summed E-state index contributed by atoms with van der Waals surface area (Å²) in [6, 6.07) is 16.4. The van der Waals surface area contributed by atoms with E-state index in [4.69, 9.17) is 0 Å². The predicted molar refractivity (Wildman–Crippen MR) is 91.0 cm³/mol. The van der Waals surface area contributed by atoms with Crippen LogP contribution in [0.4, 0.5) is 8.78 Å². The van der Waals surface area contributed by atoms with Crippen LogP contribution >= 0.6 is 23.5 Å². The number of rotatable bonds is 4. The summed E-state index contributed by atoms with van der Waals surface area (Å²) >= 11 is 2.12. The molecule has 1 heterocycles. The molecule has 0 aliphatic carbocycles. The zero-order valence-electron chi connectivity index (χ0n) is 12.2. The van der Waals surface area contributed by atoms with Gasteiger partial charge in [-0.05, 0) is 17.7 Å². The number of alkyl halides is 2. The van der Waals surface area contributed by atoms with Crippen molar-refractivity contribution in [2.24, 2.45) is 0 Å². The van der Waals surface area contributed by atoms with Crippen LogP contribution in [0.3, 0.4) is 0 Å². The highest BCUT2D eigenvalue weighted by molar-refractivity contribution is 8.00. The monoisotopic (exact) mass is 351 g/mol. The molecule has 2 aromatic rings. The summed E-state index contributed by atoms with van der Waals surface area (Å²) in [4.78, 5) is 15.0. The number of benzene rings is 2. The Labute approximate surface area is 142 Å². The van der Waals surface area contributed by atoms with E-state index in [1.54, 1.807) is 40.9 Å². The number of carbonyl (C=O) groups excluding carboxylic acids is 1. The molecule has 23 heavy (non-hydrogen) atoms. The molecule has 0 spiro atoms. The second-order valence-electron chi connectivity index (χ2n) is 5.01. The van der Waals surface area contributed by atoms with Gasteiger partial charge in [0.15, 0.2) is 0 Å². The maximum absolute atomic E-state index is 12.9. The van der Waals surface area contributed by atoms with Crippen LogP contribution in [0.1, 0.15) is 21.3 Å². The number of carbonyl (C=O) groups is 1. The lowest BCUT2D eigenvalue weighted by molar-refractivity contribution is 0.0757. The van der Waals surface area contributed by atoms with Gasteiger partial charge in [-0.1, -0.05) is 54.2 Å². The molecule has 1 aliphatic heterocycles. The molecule has 0 bridgehead atoms. The summed E-state index contributed by atoms with van der Waals surface area (Å²) in [6.45, 7) is 0.622. The number of amides is 1. The van der Waals surface area contributed by atoms with Crippen molar-refractivity contribution in [3.63, 3.8) is 0 Å². The van der Waals surface area contributed by atoms with Gasteiger partial charge in [0, 0.05) is 17.2 Å². The van der Waals surface area contributed by atoms with Gasteiger partial charge in [0.2, 0.25) is 0 Å².